The molecule has 0 aliphatic carbocycles. The van der Waals surface area contributed by atoms with E-state index < -0.39 is 0 Å². The molecule has 1 unspecified atom stereocenters. The van der Waals surface area contributed by atoms with E-state index in [0.717, 1.165) is 25.7 Å². The molecule has 0 spiro atoms. The van der Waals surface area contributed by atoms with E-state index in [1.54, 1.807) is 20.8 Å². The van der Waals surface area contributed by atoms with Crippen LogP contribution in [-0.2, 0) is 9.53 Å². The molecule has 2 fully saturated rings. The quantitative estimate of drug-likeness (QED) is 0.833. The lowest BCUT2D eigenvalue weighted by molar-refractivity contribution is -0.137. The average Bonchev–Trinajstić information content (AvgIpc) is 2.94. The van der Waals surface area contributed by atoms with Crippen molar-refractivity contribution in [2.24, 2.45) is 0 Å². The number of hydrogen-bond donors (Lipinski definition) is 0. The monoisotopic (exact) mass is 349 g/mol. The summed E-state index contributed by atoms with van der Waals surface area (Å²) in [7, 11) is 0. The first-order chi connectivity index (χ1) is 12.0. The zero-order valence-electron chi connectivity index (χ0n) is 15.3. The molecule has 0 radical (unpaired) electrons. The normalized spacial score (nSPS) is 22.0. The topological polar surface area (TPSA) is 75.9 Å². The van der Waals surface area contributed by atoms with E-state index in [-0.39, 0.29) is 23.9 Å². The number of carbonyl (C=O) groups excluding carboxylic acids is 2. The first-order valence-electron chi connectivity index (χ1n) is 9.07. The van der Waals surface area contributed by atoms with Crippen molar-refractivity contribution in [2.45, 2.75) is 58.5 Å². The second-order valence-corrected chi connectivity index (χ2v) is 7.02. The van der Waals surface area contributed by atoms with Crippen molar-refractivity contribution >= 4 is 11.8 Å². The van der Waals surface area contributed by atoms with Crippen LogP contribution in [0, 0.1) is 13.8 Å². The van der Waals surface area contributed by atoms with Crippen molar-refractivity contribution in [3.05, 3.63) is 17.0 Å². The maximum absolute atomic E-state index is 12.9. The third-order valence-electron chi connectivity index (χ3n) is 5.27. The van der Waals surface area contributed by atoms with E-state index in [0.29, 0.717) is 43.3 Å². The van der Waals surface area contributed by atoms with Gasteiger partial charge in [0.05, 0.1) is 5.69 Å². The molecular weight excluding hydrogens is 322 g/mol. The summed E-state index contributed by atoms with van der Waals surface area (Å²) < 4.78 is 10.6. The number of aromatic nitrogens is 1. The van der Waals surface area contributed by atoms with Gasteiger partial charge in [0.15, 0.2) is 0 Å². The van der Waals surface area contributed by atoms with E-state index in [4.69, 9.17) is 9.26 Å². The summed E-state index contributed by atoms with van der Waals surface area (Å²) in [5.74, 6) is 0.595. The van der Waals surface area contributed by atoms with Gasteiger partial charge in [-0.3, -0.25) is 9.59 Å². The second kappa shape index (κ2) is 7.56. The molecule has 7 heteroatoms. The van der Waals surface area contributed by atoms with Crippen LogP contribution in [0.2, 0.25) is 0 Å². The summed E-state index contributed by atoms with van der Waals surface area (Å²) in [6.07, 6.45) is 3.57. The van der Waals surface area contributed by atoms with Gasteiger partial charge in [-0.15, -0.1) is 0 Å². The van der Waals surface area contributed by atoms with Gasteiger partial charge in [-0.05, 0) is 39.5 Å². The zero-order chi connectivity index (χ0) is 18.0. The largest absolute Gasteiger partial charge is 0.381 e. The first kappa shape index (κ1) is 17.9. The fraction of sp³-hybridized carbons (Fsp3) is 0.722. The summed E-state index contributed by atoms with van der Waals surface area (Å²) >= 11 is 0. The van der Waals surface area contributed by atoms with Crippen molar-refractivity contribution in [3.8, 4) is 0 Å². The third kappa shape index (κ3) is 3.71. The number of hydrogen-bond acceptors (Lipinski definition) is 5. The smallest absolute Gasteiger partial charge is 0.259 e. The Kier molecular flexibility index (Phi) is 5.42. The number of rotatable bonds is 3. The van der Waals surface area contributed by atoms with Crippen molar-refractivity contribution < 1.29 is 18.8 Å². The Balaban J connectivity index is 1.75. The van der Waals surface area contributed by atoms with E-state index in [2.05, 4.69) is 5.16 Å². The molecule has 2 aliphatic heterocycles. The molecule has 3 heterocycles. The van der Waals surface area contributed by atoms with Crippen LogP contribution in [0.25, 0.3) is 0 Å². The fourth-order valence-electron chi connectivity index (χ4n) is 4.09. The third-order valence-corrected chi connectivity index (χ3v) is 5.27. The summed E-state index contributed by atoms with van der Waals surface area (Å²) in [5.41, 5.74) is 1.18. The molecule has 25 heavy (non-hydrogen) atoms. The van der Waals surface area contributed by atoms with Gasteiger partial charge >= 0.3 is 0 Å². The summed E-state index contributed by atoms with van der Waals surface area (Å²) in [6.45, 7) is 7.85. The van der Waals surface area contributed by atoms with Crippen LogP contribution in [0.3, 0.4) is 0 Å². The Morgan fingerprint density at radius 2 is 1.88 bits per heavy atom. The summed E-state index contributed by atoms with van der Waals surface area (Å²) in [5, 5.41) is 3.89. The van der Waals surface area contributed by atoms with Crippen LogP contribution >= 0.6 is 0 Å². The Morgan fingerprint density at radius 3 is 2.48 bits per heavy atom. The highest BCUT2D eigenvalue weighted by atomic mass is 16.5. The van der Waals surface area contributed by atoms with Crippen LogP contribution in [-0.4, -0.2) is 65.2 Å². The predicted molar refractivity (Wildman–Crippen MR) is 91.3 cm³/mol. The molecule has 3 rings (SSSR count). The Hall–Kier alpha value is -1.89. The lowest BCUT2D eigenvalue weighted by Crippen LogP contribution is -2.55. The van der Waals surface area contributed by atoms with Crippen molar-refractivity contribution in [1.29, 1.82) is 0 Å². The highest BCUT2D eigenvalue weighted by Gasteiger charge is 2.35. The van der Waals surface area contributed by atoms with Crippen LogP contribution < -0.4 is 0 Å². The van der Waals surface area contributed by atoms with Crippen LogP contribution in [0.5, 0.6) is 0 Å². The van der Waals surface area contributed by atoms with Crippen LogP contribution in [0.4, 0.5) is 0 Å². The second-order valence-electron chi connectivity index (χ2n) is 7.02. The van der Waals surface area contributed by atoms with Gasteiger partial charge in [0, 0.05) is 45.3 Å². The van der Waals surface area contributed by atoms with E-state index >= 15 is 0 Å². The average molecular weight is 349 g/mol. The van der Waals surface area contributed by atoms with Crippen molar-refractivity contribution in [1.82, 2.24) is 15.0 Å². The fourth-order valence-corrected chi connectivity index (χ4v) is 4.09. The number of piperidine rings is 1. The lowest BCUT2D eigenvalue weighted by Gasteiger charge is -2.43. The van der Waals surface area contributed by atoms with Gasteiger partial charge in [0.2, 0.25) is 5.91 Å². The number of nitrogens with zero attached hydrogens (tertiary/aromatic N) is 3. The molecule has 2 amide bonds. The highest BCUT2D eigenvalue weighted by Crippen LogP contribution is 2.25. The molecule has 2 saturated heterocycles. The Labute approximate surface area is 148 Å². The van der Waals surface area contributed by atoms with E-state index in [1.165, 1.54) is 0 Å². The van der Waals surface area contributed by atoms with Gasteiger partial charge in [0.1, 0.15) is 11.3 Å². The molecule has 0 N–H and O–H groups in total. The molecule has 0 saturated carbocycles. The standard InChI is InChI=1S/C18H27N3O4/c1-12-17(13(2)25-19-12)18(23)20-8-4-5-16(11-20)21(14(3)22)15-6-9-24-10-7-15/h15-16H,4-11H2,1-3H3. The number of likely N-dealkylation sites (tertiary alicyclic amines) is 1. The molecule has 7 nitrogen and oxygen atoms in total. The summed E-state index contributed by atoms with van der Waals surface area (Å²) in [4.78, 5) is 29.1. The molecular formula is C18H27N3O4. The minimum atomic E-state index is -0.0450. The Morgan fingerprint density at radius 1 is 1.16 bits per heavy atom. The van der Waals surface area contributed by atoms with Gasteiger partial charge in [0.25, 0.3) is 5.91 Å². The molecule has 138 valence electrons. The van der Waals surface area contributed by atoms with Gasteiger partial charge < -0.3 is 19.1 Å². The number of carbonyl (C=O) groups is 2. The van der Waals surface area contributed by atoms with Gasteiger partial charge in [-0.1, -0.05) is 5.16 Å². The SMILES string of the molecule is CC(=O)N(C1CCOCC1)C1CCCN(C(=O)c2c(C)noc2C)C1. The molecule has 1 atom stereocenters. The van der Waals surface area contributed by atoms with Crippen LogP contribution in [0.15, 0.2) is 4.52 Å². The highest BCUT2D eigenvalue weighted by molar-refractivity contribution is 5.96. The van der Waals surface area contributed by atoms with Gasteiger partial charge in [-0.25, -0.2) is 0 Å². The van der Waals surface area contributed by atoms with Crippen molar-refractivity contribution in [3.63, 3.8) is 0 Å². The maximum Gasteiger partial charge on any atom is 0.259 e. The number of ether oxygens (including phenoxy) is 1. The number of aryl methyl sites for hydroxylation is 2. The Bertz CT molecular complexity index is 617. The first-order valence-corrected chi connectivity index (χ1v) is 9.07. The van der Waals surface area contributed by atoms with Gasteiger partial charge in [-0.2, -0.15) is 0 Å². The molecule has 1 aromatic rings. The minimum Gasteiger partial charge on any atom is -0.381 e. The molecule has 2 aliphatic rings. The van der Waals surface area contributed by atoms with E-state index in [1.807, 2.05) is 9.80 Å². The van der Waals surface area contributed by atoms with Crippen molar-refractivity contribution in [2.75, 3.05) is 26.3 Å². The lowest BCUT2D eigenvalue weighted by atomic mass is 9.98. The predicted octanol–water partition coefficient (Wildman–Crippen LogP) is 1.92. The molecule has 0 bridgehead atoms. The van der Waals surface area contributed by atoms with Crippen LogP contribution in [0.1, 0.15) is 54.4 Å². The number of amides is 2. The minimum absolute atomic E-state index is 0.0450. The molecule has 1 aromatic heterocycles. The van der Waals surface area contributed by atoms with E-state index in [9.17, 15) is 9.59 Å². The zero-order valence-corrected chi connectivity index (χ0v) is 15.3. The molecule has 0 aromatic carbocycles. The summed E-state index contributed by atoms with van der Waals surface area (Å²) in [6, 6.07) is 0.282. The maximum atomic E-state index is 12.9.